The third-order valence-electron chi connectivity index (χ3n) is 4.71. The van der Waals surface area contributed by atoms with Crippen molar-refractivity contribution in [1.29, 1.82) is 0 Å². The van der Waals surface area contributed by atoms with Gasteiger partial charge in [0.2, 0.25) is 0 Å². The quantitative estimate of drug-likeness (QED) is 0.461. The van der Waals surface area contributed by atoms with E-state index in [4.69, 9.17) is 11.6 Å². The Labute approximate surface area is 124 Å². The molecule has 0 atom stereocenters. The monoisotopic (exact) mass is 296 g/mol. The summed E-state index contributed by atoms with van der Waals surface area (Å²) in [7, 11) is 0. The van der Waals surface area contributed by atoms with Crippen LogP contribution in [0.5, 0.6) is 0 Å². The molecule has 4 nitrogen and oxygen atoms in total. The Kier molecular flexibility index (Phi) is 4.53. The molecule has 1 aliphatic heterocycles. The fourth-order valence-corrected chi connectivity index (χ4v) is 3.25. The zero-order valence-electron chi connectivity index (χ0n) is 12.1. The summed E-state index contributed by atoms with van der Waals surface area (Å²) in [5.41, 5.74) is 2.15. The second kappa shape index (κ2) is 6.00. The Bertz CT molecular complexity index is 501. The molecule has 5 heteroatoms. The molecule has 0 saturated carbocycles. The molecular formula is C15H21ClN2O2. The van der Waals surface area contributed by atoms with E-state index in [9.17, 15) is 10.1 Å². The zero-order chi connectivity index (χ0) is 14.8. The van der Waals surface area contributed by atoms with Crippen LogP contribution in [0.25, 0.3) is 0 Å². The molecule has 0 amide bonds. The van der Waals surface area contributed by atoms with E-state index >= 15 is 0 Å². The van der Waals surface area contributed by atoms with E-state index in [1.807, 2.05) is 12.1 Å². The van der Waals surface area contributed by atoms with Crippen LogP contribution in [0.4, 0.5) is 11.4 Å². The first kappa shape index (κ1) is 15.1. The molecule has 0 radical (unpaired) electrons. The molecule has 110 valence electrons. The molecule has 0 spiro atoms. The first-order valence-electron chi connectivity index (χ1n) is 7.13. The summed E-state index contributed by atoms with van der Waals surface area (Å²) in [5.74, 6) is 0.171. The van der Waals surface area contributed by atoms with Crippen molar-refractivity contribution in [2.24, 2.45) is 5.41 Å². The molecule has 0 bridgehead atoms. The van der Waals surface area contributed by atoms with Crippen LogP contribution in [0.15, 0.2) is 18.2 Å². The van der Waals surface area contributed by atoms with Gasteiger partial charge in [0.1, 0.15) is 0 Å². The Hall–Kier alpha value is -1.29. The van der Waals surface area contributed by atoms with Crippen LogP contribution in [0.2, 0.25) is 0 Å². The lowest BCUT2D eigenvalue weighted by Gasteiger charge is -2.27. The predicted molar refractivity (Wildman–Crippen MR) is 82.5 cm³/mol. The average Bonchev–Trinajstić information content (AvgIpc) is 2.91. The number of hydrogen-bond acceptors (Lipinski definition) is 3. The Balaban J connectivity index is 2.25. The smallest absolute Gasteiger partial charge is 0.273 e. The fraction of sp³-hybridized carbons (Fsp3) is 0.600. The lowest BCUT2D eigenvalue weighted by Crippen LogP contribution is -2.26. The van der Waals surface area contributed by atoms with E-state index in [1.54, 1.807) is 6.07 Å². The Morgan fingerprint density at radius 3 is 2.60 bits per heavy atom. The maximum Gasteiger partial charge on any atom is 0.273 e. The summed E-state index contributed by atoms with van der Waals surface area (Å²) in [5, 5.41) is 10.9. The van der Waals surface area contributed by atoms with Gasteiger partial charge < -0.3 is 4.90 Å². The standard InChI is InChI=1S/C15H21ClN2O2/c1-3-15(4-2)7-8-17(11-15)13-5-6-14(18(19)20)12(9-13)10-16/h5-6,9H,3-4,7-8,10-11H2,1-2H3. The largest absolute Gasteiger partial charge is 0.371 e. The van der Waals surface area contributed by atoms with Gasteiger partial charge >= 0.3 is 0 Å². The summed E-state index contributed by atoms with van der Waals surface area (Å²) >= 11 is 5.84. The third-order valence-corrected chi connectivity index (χ3v) is 5.00. The lowest BCUT2D eigenvalue weighted by atomic mass is 9.82. The van der Waals surface area contributed by atoms with Gasteiger partial charge in [0.15, 0.2) is 0 Å². The van der Waals surface area contributed by atoms with Crippen LogP contribution in [0.3, 0.4) is 0 Å². The first-order valence-corrected chi connectivity index (χ1v) is 7.67. The molecule has 0 aliphatic carbocycles. The van der Waals surface area contributed by atoms with Gasteiger partial charge in [-0.05, 0) is 36.8 Å². The Morgan fingerprint density at radius 1 is 1.40 bits per heavy atom. The average molecular weight is 297 g/mol. The molecule has 1 saturated heterocycles. The van der Waals surface area contributed by atoms with E-state index in [0.29, 0.717) is 11.0 Å². The van der Waals surface area contributed by atoms with Gasteiger partial charge in [-0.1, -0.05) is 13.8 Å². The highest BCUT2D eigenvalue weighted by molar-refractivity contribution is 6.17. The van der Waals surface area contributed by atoms with E-state index in [0.717, 1.165) is 18.8 Å². The zero-order valence-corrected chi connectivity index (χ0v) is 12.8. The minimum atomic E-state index is -0.367. The second-order valence-electron chi connectivity index (χ2n) is 5.58. The molecule has 1 heterocycles. The molecule has 2 rings (SSSR count). The van der Waals surface area contributed by atoms with Crippen molar-refractivity contribution < 1.29 is 4.92 Å². The van der Waals surface area contributed by atoms with Crippen molar-refractivity contribution in [3.63, 3.8) is 0 Å². The number of nitrogens with zero attached hydrogens (tertiary/aromatic N) is 2. The van der Waals surface area contributed by atoms with Crippen LogP contribution in [-0.4, -0.2) is 18.0 Å². The molecule has 1 aromatic carbocycles. The topological polar surface area (TPSA) is 46.4 Å². The second-order valence-corrected chi connectivity index (χ2v) is 5.85. The van der Waals surface area contributed by atoms with E-state index < -0.39 is 0 Å². The molecule has 0 N–H and O–H groups in total. The SMILES string of the molecule is CCC1(CC)CCN(c2ccc([N+](=O)[O-])c(CCl)c2)C1. The predicted octanol–water partition coefficient (Wildman–Crippen LogP) is 4.35. The van der Waals surface area contributed by atoms with Crippen LogP contribution in [-0.2, 0) is 5.88 Å². The molecule has 0 unspecified atom stereocenters. The highest BCUT2D eigenvalue weighted by Gasteiger charge is 2.35. The molecule has 20 heavy (non-hydrogen) atoms. The Morgan fingerprint density at radius 2 is 2.10 bits per heavy atom. The minimum Gasteiger partial charge on any atom is -0.371 e. The van der Waals surface area contributed by atoms with Crippen molar-refractivity contribution in [2.75, 3.05) is 18.0 Å². The van der Waals surface area contributed by atoms with E-state index in [-0.39, 0.29) is 16.5 Å². The van der Waals surface area contributed by atoms with Gasteiger partial charge in [-0.15, -0.1) is 11.6 Å². The maximum absolute atomic E-state index is 10.9. The van der Waals surface area contributed by atoms with Gasteiger partial charge in [-0.2, -0.15) is 0 Å². The fourth-order valence-electron chi connectivity index (χ4n) is 3.04. The summed E-state index contributed by atoms with van der Waals surface area (Å²) < 4.78 is 0. The molecule has 1 aromatic rings. The highest BCUT2D eigenvalue weighted by atomic mass is 35.5. The first-order chi connectivity index (χ1) is 9.55. The number of nitro benzene ring substituents is 1. The van der Waals surface area contributed by atoms with Gasteiger partial charge in [0.05, 0.1) is 10.8 Å². The number of hydrogen-bond donors (Lipinski definition) is 0. The number of halogens is 1. The lowest BCUT2D eigenvalue weighted by molar-refractivity contribution is -0.385. The van der Waals surface area contributed by atoms with Gasteiger partial charge in [-0.3, -0.25) is 10.1 Å². The minimum absolute atomic E-state index is 0.111. The highest BCUT2D eigenvalue weighted by Crippen LogP contribution is 2.39. The number of alkyl halides is 1. The molecular weight excluding hydrogens is 276 g/mol. The van der Waals surface area contributed by atoms with Crippen molar-refractivity contribution in [3.8, 4) is 0 Å². The number of rotatable bonds is 5. The third kappa shape index (κ3) is 2.75. The van der Waals surface area contributed by atoms with Crippen molar-refractivity contribution in [2.45, 2.75) is 39.0 Å². The number of nitro groups is 1. The summed E-state index contributed by atoms with van der Waals surface area (Å²) in [6, 6.07) is 5.28. The van der Waals surface area contributed by atoms with Crippen LogP contribution in [0.1, 0.15) is 38.7 Å². The summed E-state index contributed by atoms with van der Waals surface area (Å²) in [6.07, 6.45) is 3.54. The molecule has 1 aliphatic rings. The summed E-state index contributed by atoms with van der Waals surface area (Å²) in [6.45, 7) is 6.53. The number of benzene rings is 1. The van der Waals surface area contributed by atoms with Crippen molar-refractivity contribution in [1.82, 2.24) is 0 Å². The van der Waals surface area contributed by atoms with Crippen LogP contribution >= 0.6 is 11.6 Å². The van der Waals surface area contributed by atoms with E-state index in [2.05, 4.69) is 18.7 Å². The van der Waals surface area contributed by atoms with Crippen LogP contribution < -0.4 is 4.90 Å². The normalized spacial score (nSPS) is 17.4. The molecule has 1 fully saturated rings. The maximum atomic E-state index is 10.9. The van der Waals surface area contributed by atoms with E-state index in [1.165, 1.54) is 19.3 Å². The van der Waals surface area contributed by atoms with Crippen molar-refractivity contribution >= 4 is 23.0 Å². The molecule has 0 aromatic heterocycles. The van der Waals surface area contributed by atoms with Crippen molar-refractivity contribution in [3.05, 3.63) is 33.9 Å². The summed E-state index contributed by atoms with van der Waals surface area (Å²) in [4.78, 5) is 12.9. The van der Waals surface area contributed by atoms with Gasteiger partial charge in [0, 0.05) is 30.4 Å². The van der Waals surface area contributed by atoms with Crippen LogP contribution in [0, 0.1) is 15.5 Å². The van der Waals surface area contributed by atoms with Gasteiger partial charge in [-0.25, -0.2) is 0 Å². The van der Waals surface area contributed by atoms with Gasteiger partial charge in [0.25, 0.3) is 5.69 Å². The number of anilines is 1.